The van der Waals surface area contributed by atoms with Gasteiger partial charge in [-0.1, -0.05) is 36.9 Å². The maximum atomic E-state index is 4.45. The average molecular weight is 218 g/mol. The van der Waals surface area contributed by atoms with Gasteiger partial charge in [-0.3, -0.25) is 0 Å². The highest BCUT2D eigenvalue weighted by Gasteiger charge is 2.07. The fourth-order valence-electron chi connectivity index (χ4n) is 1.45. The number of imidazole rings is 1. The lowest BCUT2D eigenvalue weighted by Gasteiger charge is -1.99. The van der Waals surface area contributed by atoms with Crippen LogP contribution in [-0.2, 0) is 6.42 Å². The Labute approximate surface area is 94.1 Å². The standard InChI is InChI=1S/C12H14N2S/c1-3-11-12(14-9(2)13-11)15-10-7-5-4-6-8-10/h4-8H,3H2,1-2H3,(H,13,14). The quantitative estimate of drug-likeness (QED) is 0.855. The van der Waals surface area contributed by atoms with E-state index in [0.29, 0.717) is 0 Å². The van der Waals surface area contributed by atoms with Crippen molar-refractivity contribution in [1.82, 2.24) is 9.97 Å². The van der Waals surface area contributed by atoms with Gasteiger partial charge in [0.05, 0.1) is 5.69 Å². The molecule has 2 rings (SSSR count). The monoisotopic (exact) mass is 218 g/mol. The summed E-state index contributed by atoms with van der Waals surface area (Å²) in [6, 6.07) is 10.4. The van der Waals surface area contributed by atoms with E-state index in [0.717, 1.165) is 17.9 Å². The van der Waals surface area contributed by atoms with Crippen LogP contribution < -0.4 is 0 Å². The van der Waals surface area contributed by atoms with E-state index in [1.165, 1.54) is 9.92 Å². The lowest BCUT2D eigenvalue weighted by Crippen LogP contribution is -1.82. The van der Waals surface area contributed by atoms with Gasteiger partial charge in [-0.25, -0.2) is 4.98 Å². The van der Waals surface area contributed by atoms with Gasteiger partial charge in [0.25, 0.3) is 0 Å². The second-order valence-electron chi connectivity index (χ2n) is 3.37. The molecule has 0 spiro atoms. The smallest absolute Gasteiger partial charge is 0.104 e. The van der Waals surface area contributed by atoms with Gasteiger partial charge in [0.1, 0.15) is 10.9 Å². The van der Waals surface area contributed by atoms with Crippen molar-refractivity contribution in [3.05, 3.63) is 41.9 Å². The molecule has 0 radical (unpaired) electrons. The molecule has 0 aliphatic heterocycles. The van der Waals surface area contributed by atoms with Gasteiger partial charge in [-0.15, -0.1) is 0 Å². The molecule has 1 N–H and O–H groups in total. The number of nitrogens with one attached hydrogen (secondary N) is 1. The maximum Gasteiger partial charge on any atom is 0.104 e. The summed E-state index contributed by atoms with van der Waals surface area (Å²) in [5.74, 6) is 0.991. The summed E-state index contributed by atoms with van der Waals surface area (Å²) in [5.41, 5.74) is 1.15. The minimum atomic E-state index is 0.972. The summed E-state index contributed by atoms with van der Waals surface area (Å²) >= 11 is 1.74. The van der Waals surface area contributed by atoms with E-state index in [-0.39, 0.29) is 0 Å². The minimum Gasteiger partial charge on any atom is -0.337 e. The fraction of sp³-hybridized carbons (Fsp3) is 0.250. The highest BCUT2D eigenvalue weighted by atomic mass is 32.2. The van der Waals surface area contributed by atoms with Gasteiger partial charge in [0.15, 0.2) is 0 Å². The van der Waals surface area contributed by atoms with Crippen LogP contribution in [0.1, 0.15) is 18.4 Å². The lowest BCUT2D eigenvalue weighted by atomic mass is 10.4. The molecule has 0 atom stereocenters. The minimum absolute atomic E-state index is 0.972. The molecule has 0 bridgehead atoms. The van der Waals surface area contributed by atoms with Crippen LogP contribution in [0.25, 0.3) is 0 Å². The number of H-pyrrole nitrogens is 1. The molecule has 78 valence electrons. The summed E-state index contributed by atoms with van der Waals surface area (Å²) in [4.78, 5) is 8.99. The third kappa shape index (κ3) is 2.42. The first kappa shape index (κ1) is 10.3. The number of hydrogen-bond acceptors (Lipinski definition) is 2. The molecule has 3 heteroatoms. The normalized spacial score (nSPS) is 10.5. The first-order valence-corrected chi connectivity index (χ1v) is 5.89. The summed E-state index contributed by atoms with van der Waals surface area (Å²) in [6.45, 7) is 4.12. The molecule has 15 heavy (non-hydrogen) atoms. The van der Waals surface area contributed by atoms with Crippen LogP contribution in [0.3, 0.4) is 0 Å². The predicted octanol–water partition coefficient (Wildman–Crippen LogP) is 3.43. The molecule has 0 aliphatic carbocycles. The predicted molar refractivity (Wildman–Crippen MR) is 63.3 cm³/mol. The second kappa shape index (κ2) is 4.53. The number of nitrogens with zero attached hydrogens (tertiary/aromatic N) is 1. The van der Waals surface area contributed by atoms with Crippen molar-refractivity contribution in [2.45, 2.75) is 30.2 Å². The molecule has 1 aromatic heterocycles. The molecule has 2 nitrogen and oxygen atoms in total. The Bertz CT molecular complexity index is 434. The Kier molecular flexibility index (Phi) is 3.11. The number of aryl methyl sites for hydroxylation is 2. The molecule has 0 saturated heterocycles. The van der Waals surface area contributed by atoms with Crippen molar-refractivity contribution in [3.8, 4) is 0 Å². The van der Waals surface area contributed by atoms with Crippen LogP contribution in [0.2, 0.25) is 0 Å². The SMILES string of the molecule is CCc1nc(C)[nH]c1Sc1ccccc1. The number of rotatable bonds is 3. The van der Waals surface area contributed by atoms with E-state index in [2.05, 4.69) is 41.2 Å². The first-order valence-electron chi connectivity index (χ1n) is 5.08. The van der Waals surface area contributed by atoms with E-state index in [1.54, 1.807) is 11.8 Å². The zero-order chi connectivity index (χ0) is 10.7. The highest BCUT2D eigenvalue weighted by molar-refractivity contribution is 7.99. The van der Waals surface area contributed by atoms with Gasteiger partial charge >= 0.3 is 0 Å². The molecule has 0 aliphatic rings. The van der Waals surface area contributed by atoms with Crippen LogP contribution in [-0.4, -0.2) is 9.97 Å². The zero-order valence-corrected chi connectivity index (χ0v) is 9.77. The average Bonchev–Trinajstić information content (AvgIpc) is 2.60. The Morgan fingerprint density at radius 1 is 1.27 bits per heavy atom. The molecule has 0 unspecified atom stereocenters. The summed E-state index contributed by atoms with van der Waals surface area (Å²) in [5, 5.41) is 1.17. The summed E-state index contributed by atoms with van der Waals surface area (Å²) < 4.78 is 0. The van der Waals surface area contributed by atoms with Crippen molar-refractivity contribution in [2.75, 3.05) is 0 Å². The molecular weight excluding hydrogens is 204 g/mol. The van der Waals surface area contributed by atoms with Crippen LogP contribution in [0.4, 0.5) is 0 Å². The van der Waals surface area contributed by atoms with Crippen molar-refractivity contribution < 1.29 is 0 Å². The van der Waals surface area contributed by atoms with Crippen LogP contribution in [0, 0.1) is 6.92 Å². The van der Waals surface area contributed by atoms with Crippen LogP contribution in [0.5, 0.6) is 0 Å². The van der Waals surface area contributed by atoms with Crippen molar-refractivity contribution in [1.29, 1.82) is 0 Å². The molecular formula is C12H14N2S. The third-order valence-corrected chi connectivity index (χ3v) is 3.21. The molecule has 0 fully saturated rings. The molecule has 2 aromatic rings. The van der Waals surface area contributed by atoms with Crippen molar-refractivity contribution in [3.63, 3.8) is 0 Å². The van der Waals surface area contributed by atoms with E-state index >= 15 is 0 Å². The fourth-order valence-corrected chi connectivity index (χ4v) is 2.48. The van der Waals surface area contributed by atoms with E-state index < -0.39 is 0 Å². The summed E-state index contributed by atoms with van der Waals surface area (Å²) in [6.07, 6.45) is 0.972. The molecule has 1 heterocycles. The van der Waals surface area contributed by atoms with Gasteiger partial charge in [0.2, 0.25) is 0 Å². The Morgan fingerprint density at radius 3 is 2.67 bits per heavy atom. The first-order chi connectivity index (χ1) is 7.29. The number of aromatic nitrogens is 2. The van der Waals surface area contributed by atoms with E-state index in [9.17, 15) is 0 Å². The highest BCUT2D eigenvalue weighted by Crippen LogP contribution is 2.28. The number of aromatic amines is 1. The maximum absolute atomic E-state index is 4.45. The number of hydrogen-bond donors (Lipinski definition) is 1. The molecule has 0 saturated carbocycles. The topological polar surface area (TPSA) is 28.7 Å². The number of benzene rings is 1. The van der Waals surface area contributed by atoms with E-state index in [4.69, 9.17) is 0 Å². The Morgan fingerprint density at radius 2 is 2.00 bits per heavy atom. The van der Waals surface area contributed by atoms with Gasteiger partial charge in [0, 0.05) is 4.90 Å². The van der Waals surface area contributed by atoms with Gasteiger partial charge in [-0.05, 0) is 25.5 Å². The third-order valence-electron chi connectivity index (χ3n) is 2.16. The van der Waals surface area contributed by atoms with Gasteiger partial charge in [-0.2, -0.15) is 0 Å². The van der Waals surface area contributed by atoms with Gasteiger partial charge < -0.3 is 4.98 Å². The lowest BCUT2D eigenvalue weighted by molar-refractivity contribution is 1.00. The van der Waals surface area contributed by atoms with Crippen LogP contribution >= 0.6 is 11.8 Å². The van der Waals surface area contributed by atoms with Crippen LogP contribution in [0.15, 0.2) is 40.3 Å². The van der Waals surface area contributed by atoms with E-state index in [1.807, 2.05) is 13.0 Å². The second-order valence-corrected chi connectivity index (χ2v) is 4.45. The zero-order valence-electron chi connectivity index (χ0n) is 8.95. The molecule has 0 amide bonds. The Hall–Kier alpha value is -1.22. The van der Waals surface area contributed by atoms with Crippen molar-refractivity contribution >= 4 is 11.8 Å². The summed E-state index contributed by atoms with van der Waals surface area (Å²) in [7, 11) is 0. The van der Waals surface area contributed by atoms with Crippen molar-refractivity contribution in [2.24, 2.45) is 0 Å². The Balaban J connectivity index is 2.24. The molecule has 1 aromatic carbocycles. The largest absolute Gasteiger partial charge is 0.337 e.